The molecule has 0 atom stereocenters. The van der Waals surface area contributed by atoms with E-state index < -0.39 is 28.4 Å². The van der Waals surface area contributed by atoms with Crippen molar-refractivity contribution in [1.29, 1.82) is 0 Å². The second-order valence-corrected chi connectivity index (χ2v) is 5.69. The third-order valence-corrected chi connectivity index (χ3v) is 3.55. The molecule has 16 heavy (non-hydrogen) atoms. The van der Waals surface area contributed by atoms with E-state index in [2.05, 4.69) is 5.32 Å². The Morgan fingerprint density at radius 2 is 1.94 bits per heavy atom. The van der Waals surface area contributed by atoms with Crippen LogP contribution in [0.1, 0.15) is 6.92 Å². The minimum Gasteiger partial charge on any atom is -0.480 e. The molecule has 0 aromatic carbocycles. The van der Waals surface area contributed by atoms with Crippen molar-refractivity contribution in [3.63, 3.8) is 0 Å². The molecule has 0 aliphatic rings. The highest BCUT2D eigenvalue weighted by Gasteiger charge is 2.13. The van der Waals surface area contributed by atoms with E-state index in [-0.39, 0.29) is 18.1 Å². The van der Waals surface area contributed by atoms with Crippen molar-refractivity contribution in [2.75, 3.05) is 31.6 Å². The summed E-state index contributed by atoms with van der Waals surface area (Å²) < 4.78 is 22.1. The molecule has 0 fully saturated rings. The summed E-state index contributed by atoms with van der Waals surface area (Å²) in [4.78, 5) is 22.4. The van der Waals surface area contributed by atoms with Gasteiger partial charge in [0, 0.05) is 19.3 Å². The van der Waals surface area contributed by atoms with Crippen LogP contribution in [0.25, 0.3) is 0 Å². The lowest BCUT2D eigenvalue weighted by Crippen LogP contribution is -2.41. The lowest BCUT2D eigenvalue weighted by molar-refractivity contribution is -0.137. The van der Waals surface area contributed by atoms with Crippen LogP contribution >= 0.6 is 0 Å². The van der Waals surface area contributed by atoms with Gasteiger partial charge >= 0.3 is 12.0 Å². The van der Waals surface area contributed by atoms with Crippen LogP contribution in [-0.2, 0) is 14.6 Å². The standard InChI is InChI=1S/C8H16N2O5S/c1-3-16(14,15)5-4-9-8(13)10(2)6-7(11)12/h3-6H2,1-2H3,(H,9,13)(H,11,12). The number of aliphatic carboxylic acids is 1. The molecule has 2 N–H and O–H groups in total. The maximum atomic E-state index is 11.2. The minimum atomic E-state index is -3.11. The average Bonchev–Trinajstić information content (AvgIpc) is 2.16. The van der Waals surface area contributed by atoms with Crippen LogP contribution < -0.4 is 5.32 Å². The number of sulfone groups is 1. The molecule has 0 bridgehead atoms. The maximum absolute atomic E-state index is 11.2. The fraction of sp³-hybridized carbons (Fsp3) is 0.750. The zero-order chi connectivity index (χ0) is 12.8. The zero-order valence-corrected chi connectivity index (χ0v) is 10.1. The number of amides is 2. The van der Waals surface area contributed by atoms with Crippen LogP contribution in [0.4, 0.5) is 4.79 Å². The van der Waals surface area contributed by atoms with E-state index in [0.717, 1.165) is 4.90 Å². The first-order valence-corrected chi connectivity index (χ1v) is 6.52. The fourth-order valence-corrected chi connectivity index (χ4v) is 1.57. The van der Waals surface area contributed by atoms with Crippen LogP contribution in [0.5, 0.6) is 0 Å². The van der Waals surface area contributed by atoms with Gasteiger partial charge < -0.3 is 15.3 Å². The van der Waals surface area contributed by atoms with Gasteiger partial charge in [-0.2, -0.15) is 0 Å². The molecular formula is C8H16N2O5S. The van der Waals surface area contributed by atoms with E-state index >= 15 is 0 Å². The number of carbonyl (C=O) groups is 2. The molecule has 0 saturated heterocycles. The van der Waals surface area contributed by atoms with Gasteiger partial charge in [-0.3, -0.25) is 4.79 Å². The van der Waals surface area contributed by atoms with Crippen LogP contribution in [0.2, 0.25) is 0 Å². The Bertz CT molecular complexity index is 351. The van der Waals surface area contributed by atoms with Crippen molar-refractivity contribution < 1.29 is 23.1 Å². The van der Waals surface area contributed by atoms with Crippen LogP contribution in [0.3, 0.4) is 0 Å². The SMILES string of the molecule is CCS(=O)(=O)CCNC(=O)N(C)CC(=O)O. The van der Waals surface area contributed by atoms with Crippen LogP contribution in [-0.4, -0.2) is 62.1 Å². The van der Waals surface area contributed by atoms with Gasteiger partial charge in [-0.1, -0.05) is 6.92 Å². The van der Waals surface area contributed by atoms with E-state index in [4.69, 9.17) is 5.11 Å². The monoisotopic (exact) mass is 252 g/mol. The summed E-state index contributed by atoms with van der Waals surface area (Å²) >= 11 is 0. The van der Waals surface area contributed by atoms with Crippen molar-refractivity contribution >= 4 is 21.8 Å². The largest absolute Gasteiger partial charge is 0.480 e. The first-order chi connectivity index (χ1) is 7.28. The molecule has 0 radical (unpaired) electrons. The second-order valence-electron chi connectivity index (χ2n) is 3.22. The maximum Gasteiger partial charge on any atom is 0.323 e. The van der Waals surface area contributed by atoms with Gasteiger partial charge in [0.1, 0.15) is 6.54 Å². The molecule has 94 valence electrons. The predicted molar refractivity (Wildman–Crippen MR) is 58.0 cm³/mol. The summed E-state index contributed by atoms with van der Waals surface area (Å²) in [6, 6.07) is -0.603. The average molecular weight is 252 g/mol. The number of urea groups is 1. The zero-order valence-electron chi connectivity index (χ0n) is 9.26. The van der Waals surface area contributed by atoms with Crippen molar-refractivity contribution in [2.24, 2.45) is 0 Å². The quantitative estimate of drug-likeness (QED) is 0.640. The molecule has 0 aliphatic heterocycles. The Morgan fingerprint density at radius 1 is 1.38 bits per heavy atom. The topological polar surface area (TPSA) is 104 Å². The summed E-state index contributed by atoms with van der Waals surface area (Å²) in [5, 5.41) is 10.7. The first-order valence-electron chi connectivity index (χ1n) is 4.69. The fourth-order valence-electron chi connectivity index (χ4n) is 0.867. The molecule has 0 unspecified atom stereocenters. The van der Waals surface area contributed by atoms with Crippen molar-refractivity contribution in [3.05, 3.63) is 0 Å². The molecule has 0 aromatic heterocycles. The first kappa shape index (κ1) is 14.7. The third kappa shape index (κ3) is 6.23. The van der Waals surface area contributed by atoms with Crippen LogP contribution in [0.15, 0.2) is 0 Å². The highest BCUT2D eigenvalue weighted by molar-refractivity contribution is 7.91. The smallest absolute Gasteiger partial charge is 0.323 e. The Hall–Kier alpha value is -1.31. The highest BCUT2D eigenvalue weighted by Crippen LogP contribution is 1.88. The molecule has 0 rings (SSSR count). The highest BCUT2D eigenvalue weighted by atomic mass is 32.2. The van der Waals surface area contributed by atoms with Crippen molar-refractivity contribution in [1.82, 2.24) is 10.2 Å². The number of likely N-dealkylation sites (N-methyl/N-ethyl adjacent to an activating group) is 1. The number of hydrogen-bond acceptors (Lipinski definition) is 4. The summed E-state index contributed by atoms with van der Waals surface area (Å²) in [5.74, 6) is -1.25. The normalized spacial score (nSPS) is 10.9. The molecule has 0 heterocycles. The van der Waals surface area contributed by atoms with Gasteiger partial charge in [0.2, 0.25) is 0 Å². The molecule has 0 aliphatic carbocycles. The van der Waals surface area contributed by atoms with E-state index in [9.17, 15) is 18.0 Å². The number of nitrogens with one attached hydrogen (secondary N) is 1. The number of hydrogen-bond donors (Lipinski definition) is 2. The van der Waals surface area contributed by atoms with Gasteiger partial charge in [-0.05, 0) is 0 Å². The molecular weight excluding hydrogens is 236 g/mol. The molecule has 8 heteroatoms. The number of carboxylic acids is 1. The summed E-state index contributed by atoms with van der Waals surface area (Å²) in [6.45, 7) is 1.08. The Morgan fingerprint density at radius 3 is 2.38 bits per heavy atom. The Balaban J connectivity index is 3.95. The number of rotatable bonds is 6. The molecule has 0 spiro atoms. The van der Waals surface area contributed by atoms with E-state index in [1.807, 2.05) is 0 Å². The Kier molecular flexibility index (Phi) is 5.79. The molecule has 0 saturated carbocycles. The molecule has 0 aromatic rings. The van der Waals surface area contributed by atoms with E-state index in [1.165, 1.54) is 14.0 Å². The number of carbonyl (C=O) groups excluding carboxylic acids is 1. The van der Waals surface area contributed by atoms with Crippen molar-refractivity contribution in [3.8, 4) is 0 Å². The van der Waals surface area contributed by atoms with E-state index in [0.29, 0.717) is 0 Å². The van der Waals surface area contributed by atoms with Gasteiger partial charge in [0.05, 0.1) is 5.75 Å². The lowest BCUT2D eigenvalue weighted by atomic mass is 10.6. The summed E-state index contributed by atoms with van der Waals surface area (Å²) in [5.41, 5.74) is 0. The van der Waals surface area contributed by atoms with Gasteiger partial charge in [-0.25, -0.2) is 13.2 Å². The second kappa shape index (κ2) is 6.31. The molecule has 7 nitrogen and oxygen atoms in total. The van der Waals surface area contributed by atoms with Gasteiger partial charge in [0.25, 0.3) is 0 Å². The summed E-state index contributed by atoms with van der Waals surface area (Å²) in [7, 11) is -1.80. The number of carboxylic acid groups (broad SMARTS) is 1. The number of nitrogens with zero attached hydrogens (tertiary/aromatic N) is 1. The van der Waals surface area contributed by atoms with Crippen LogP contribution in [0, 0.1) is 0 Å². The van der Waals surface area contributed by atoms with Gasteiger partial charge in [0.15, 0.2) is 9.84 Å². The predicted octanol–water partition coefficient (Wildman–Crippen LogP) is -0.853. The van der Waals surface area contributed by atoms with E-state index in [1.54, 1.807) is 0 Å². The van der Waals surface area contributed by atoms with Crippen molar-refractivity contribution in [2.45, 2.75) is 6.92 Å². The summed E-state index contributed by atoms with van der Waals surface area (Å²) in [6.07, 6.45) is 0. The minimum absolute atomic E-state index is 0.0149. The Labute approximate surface area is 94.3 Å². The van der Waals surface area contributed by atoms with Gasteiger partial charge in [-0.15, -0.1) is 0 Å². The lowest BCUT2D eigenvalue weighted by Gasteiger charge is -2.15. The third-order valence-electron chi connectivity index (χ3n) is 1.85. The molecule has 2 amide bonds.